The van der Waals surface area contributed by atoms with Gasteiger partial charge in [-0.2, -0.15) is 0 Å². The summed E-state index contributed by atoms with van der Waals surface area (Å²) in [6, 6.07) is 5.55. The Morgan fingerprint density at radius 1 is 1.40 bits per heavy atom. The second-order valence-corrected chi connectivity index (χ2v) is 7.08. The van der Waals surface area contributed by atoms with Crippen molar-refractivity contribution in [3.05, 3.63) is 31.8 Å². The Hall–Kier alpha value is -0.630. The second kappa shape index (κ2) is 7.97. The third-order valence-corrected chi connectivity index (χ3v) is 3.96. The maximum atomic E-state index is 12.3. The Balaban J connectivity index is 2.67. The number of benzene rings is 1. The summed E-state index contributed by atoms with van der Waals surface area (Å²) in [4.78, 5) is 25.5. The van der Waals surface area contributed by atoms with E-state index >= 15 is 0 Å². The summed E-state index contributed by atoms with van der Waals surface area (Å²) in [6.45, 7) is 4.73. The molecule has 0 saturated carbocycles. The molecule has 20 heavy (non-hydrogen) atoms. The van der Waals surface area contributed by atoms with Gasteiger partial charge in [-0.3, -0.25) is 9.59 Å². The summed E-state index contributed by atoms with van der Waals surface area (Å²) in [5, 5.41) is 2.80. The highest BCUT2D eigenvalue weighted by atomic mass is 127. The molecular formula is C14H18BrIN2O2. The molecule has 0 atom stereocenters. The fourth-order valence-electron chi connectivity index (χ4n) is 1.53. The molecule has 2 amide bonds. The Morgan fingerprint density at radius 3 is 2.65 bits per heavy atom. The smallest absolute Gasteiger partial charge is 0.255 e. The van der Waals surface area contributed by atoms with Gasteiger partial charge < -0.3 is 10.2 Å². The maximum absolute atomic E-state index is 12.3. The van der Waals surface area contributed by atoms with Crippen LogP contribution in [0.15, 0.2) is 22.7 Å². The van der Waals surface area contributed by atoms with Crippen LogP contribution >= 0.6 is 38.5 Å². The molecule has 1 aromatic carbocycles. The van der Waals surface area contributed by atoms with Crippen LogP contribution < -0.4 is 5.32 Å². The average molecular weight is 453 g/mol. The predicted octanol–water partition coefficient (Wildman–Crippen LogP) is 2.90. The van der Waals surface area contributed by atoms with Gasteiger partial charge in [0.05, 0.1) is 12.1 Å². The normalized spacial score (nSPS) is 10.5. The van der Waals surface area contributed by atoms with E-state index in [1.165, 1.54) is 4.90 Å². The van der Waals surface area contributed by atoms with Crippen molar-refractivity contribution in [3.8, 4) is 0 Å². The van der Waals surface area contributed by atoms with Crippen molar-refractivity contribution in [1.29, 1.82) is 0 Å². The summed E-state index contributed by atoms with van der Waals surface area (Å²) < 4.78 is 1.71. The van der Waals surface area contributed by atoms with Gasteiger partial charge >= 0.3 is 0 Å². The van der Waals surface area contributed by atoms with E-state index in [-0.39, 0.29) is 18.4 Å². The minimum Gasteiger partial charge on any atom is -0.354 e. The molecule has 0 spiro atoms. The number of nitrogens with zero attached hydrogens (tertiary/aromatic N) is 1. The summed E-state index contributed by atoms with van der Waals surface area (Å²) >= 11 is 5.52. The first kappa shape index (κ1) is 17.4. The van der Waals surface area contributed by atoms with Gasteiger partial charge in [0.1, 0.15) is 0 Å². The third-order valence-electron chi connectivity index (χ3n) is 2.59. The molecule has 0 unspecified atom stereocenters. The van der Waals surface area contributed by atoms with Crippen LogP contribution in [0.5, 0.6) is 0 Å². The maximum Gasteiger partial charge on any atom is 0.255 e. The lowest BCUT2D eigenvalue weighted by Gasteiger charge is -2.18. The highest BCUT2D eigenvalue weighted by Gasteiger charge is 2.17. The SMILES string of the molecule is CC(C)CNC(=O)CN(C)C(=O)c1cc(I)ccc1Br. The largest absolute Gasteiger partial charge is 0.354 e. The first-order valence-electron chi connectivity index (χ1n) is 6.28. The Labute approximate surface area is 141 Å². The van der Waals surface area contributed by atoms with Crippen LogP contribution in [-0.2, 0) is 4.79 Å². The van der Waals surface area contributed by atoms with Crippen molar-refractivity contribution < 1.29 is 9.59 Å². The molecule has 4 nitrogen and oxygen atoms in total. The summed E-state index contributed by atoms with van der Waals surface area (Å²) in [5.41, 5.74) is 0.566. The number of hydrogen-bond acceptors (Lipinski definition) is 2. The van der Waals surface area contributed by atoms with Crippen molar-refractivity contribution in [2.75, 3.05) is 20.1 Å². The fourth-order valence-corrected chi connectivity index (χ4v) is 2.44. The topological polar surface area (TPSA) is 49.4 Å². The number of hydrogen-bond donors (Lipinski definition) is 1. The number of nitrogens with one attached hydrogen (secondary N) is 1. The van der Waals surface area contributed by atoms with E-state index in [1.807, 2.05) is 26.0 Å². The first-order chi connectivity index (χ1) is 9.31. The van der Waals surface area contributed by atoms with Crippen LogP contribution in [0, 0.1) is 9.49 Å². The molecule has 6 heteroatoms. The zero-order valence-corrected chi connectivity index (χ0v) is 15.5. The average Bonchev–Trinajstić information content (AvgIpc) is 2.38. The summed E-state index contributed by atoms with van der Waals surface area (Å²) in [5.74, 6) is 0.0798. The van der Waals surface area contributed by atoms with Gasteiger partial charge in [0, 0.05) is 21.6 Å². The molecule has 0 heterocycles. The highest BCUT2D eigenvalue weighted by molar-refractivity contribution is 14.1. The first-order valence-corrected chi connectivity index (χ1v) is 8.15. The Bertz CT molecular complexity index is 506. The van der Waals surface area contributed by atoms with E-state index in [0.717, 1.165) is 8.04 Å². The van der Waals surface area contributed by atoms with Crippen LogP contribution in [0.25, 0.3) is 0 Å². The zero-order chi connectivity index (χ0) is 15.3. The number of rotatable bonds is 5. The molecule has 0 radical (unpaired) electrons. The predicted molar refractivity (Wildman–Crippen MR) is 91.7 cm³/mol. The van der Waals surface area contributed by atoms with E-state index < -0.39 is 0 Å². The van der Waals surface area contributed by atoms with E-state index in [4.69, 9.17) is 0 Å². The van der Waals surface area contributed by atoms with E-state index in [0.29, 0.717) is 18.0 Å². The number of carbonyl (C=O) groups is 2. The molecule has 1 N–H and O–H groups in total. The molecule has 0 aromatic heterocycles. The second-order valence-electron chi connectivity index (χ2n) is 4.98. The molecule has 1 rings (SSSR count). The standard InChI is InChI=1S/C14H18BrIN2O2/c1-9(2)7-17-13(19)8-18(3)14(20)11-6-10(16)4-5-12(11)15/h4-6,9H,7-8H2,1-3H3,(H,17,19). The van der Waals surface area contributed by atoms with Crippen molar-refractivity contribution in [2.24, 2.45) is 5.92 Å². The Kier molecular flexibility index (Phi) is 6.94. The lowest BCUT2D eigenvalue weighted by Crippen LogP contribution is -2.39. The molecule has 0 bridgehead atoms. The number of carbonyl (C=O) groups excluding carboxylic acids is 2. The minimum atomic E-state index is -0.171. The molecule has 0 aliphatic carbocycles. The highest BCUT2D eigenvalue weighted by Crippen LogP contribution is 2.20. The van der Waals surface area contributed by atoms with Gasteiger partial charge in [-0.25, -0.2) is 0 Å². The minimum absolute atomic E-state index is 0.0590. The number of likely N-dealkylation sites (N-methyl/N-ethyl adjacent to an activating group) is 1. The van der Waals surface area contributed by atoms with Gasteiger partial charge in [0.15, 0.2) is 0 Å². The monoisotopic (exact) mass is 452 g/mol. The summed E-state index contributed by atoms with van der Waals surface area (Å²) in [7, 11) is 1.63. The fraction of sp³-hybridized carbons (Fsp3) is 0.429. The molecular weight excluding hydrogens is 435 g/mol. The van der Waals surface area contributed by atoms with Gasteiger partial charge in [-0.05, 0) is 62.6 Å². The van der Waals surface area contributed by atoms with E-state index in [1.54, 1.807) is 13.1 Å². The van der Waals surface area contributed by atoms with Crippen LogP contribution in [0.3, 0.4) is 0 Å². The van der Waals surface area contributed by atoms with Crippen LogP contribution in [-0.4, -0.2) is 36.9 Å². The lowest BCUT2D eigenvalue weighted by atomic mass is 10.2. The summed E-state index contributed by atoms with van der Waals surface area (Å²) in [6.07, 6.45) is 0. The van der Waals surface area contributed by atoms with Gasteiger partial charge in [0.25, 0.3) is 5.91 Å². The zero-order valence-electron chi connectivity index (χ0n) is 11.7. The molecule has 110 valence electrons. The van der Waals surface area contributed by atoms with E-state index in [2.05, 4.69) is 43.8 Å². The molecule has 0 aliphatic rings. The van der Waals surface area contributed by atoms with Crippen LogP contribution in [0.4, 0.5) is 0 Å². The number of halogens is 2. The van der Waals surface area contributed by atoms with Crippen molar-refractivity contribution in [2.45, 2.75) is 13.8 Å². The van der Waals surface area contributed by atoms with Crippen molar-refractivity contribution >= 4 is 50.3 Å². The van der Waals surface area contributed by atoms with Crippen molar-refractivity contribution in [3.63, 3.8) is 0 Å². The molecule has 0 fully saturated rings. The van der Waals surface area contributed by atoms with Gasteiger partial charge in [0.2, 0.25) is 5.91 Å². The van der Waals surface area contributed by atoms with Crippen LogP contribution in [0.1, 0.15) is 24.2 Å². The quantitative estimate of drug-likeness (QED) is 0.698. The lowest BCUT2D eigenvalue weighted by molar-refractivity contribution is -0.121. The van der Waals surface area contributed by atoms with Crippen LogP contribution in [0.2, 0.25) is 0 Å². The van der Waals surface area contributed by atoms with E-state index in [9.17, 15) is 9.59 Å². The number of amides is 2. The third kappa shape index (κ3) is 5.40. The van der Waals surface area contributed by atoms with Crippen molar-refractivity contribution in [1.82, 2.24) is 10.2 Å². The molecule has 0 aliphatic heterocycles. The molecule has 1 aromatic rings. The van der Waals surface area contributed by atoms with Gasteiger partial charge in [-0.15, -0.1) is 0 Å². The Morgan fingerprint density at radius 2 is 2.05 bits per heavy atom. The van der Waals surface area contributed by atoms with Gasteiger partial charge in [-0.1, -0.05) is 13.8 Å². The molecule has 0 saturated heterocycles.